The highest BCUT2D eigenvalue weighted by Crippen LogP contribution is 2.19. The van der Waals surface area contributed by atoms with Crippen LogP contribution >= 0.6 is 0 Å². The van der Waals surface area contributed by atoms with Crippen LogP contribution in [0.1, 0.15) is 41.3 Å². The minimum Gasteiger partial charge on any atom is -0.453 e. The minimum absolute atomic E-state index is 0.0497. The molecule has 0 saturated carbocycles. The van der Waals surface area contributed by atoms with Crippen molar-refractivity contribution in [2.75, 3.05) is 5.32 Å². The van der Waals surface area contributed by atoms with Crippen molar-refractivity contribution in [1.29, 1.82) is 0 Å². The number of ketones is 1. The van der Waals surface area contributed by atoms with Crippen molar-refractivity contribution in [1.82, 2.24) is 0 Å². The van der Waals surface area contributed by atoms with Crippen LogP contribution in [0.2, 0.25) is 0 Å². The number of benzene rings is 2. The highest BCUT2D eigenvalue weighted by atomic mass is 16.5. The third-order valence-corrected chi connectivity index (χ3v) is 4.06. The predicted molar refractivity (Wildman–Crippen MR) is 100 cm³/mol. The van der Waals surface area contributed by atoms with Crippen LogP contribution in [0.25, 0.3) is 0 Å². The van der Waals surface area contributed by atoms with Gasteiger partial charge in [-0.05, 0) is 31.9 Å². The maximum Gasteiger partial charge on any atom is 0.307 e. The Bertz CT molecular complexity index is 779. The van der Waals surface area contributed by atoms with Gasteiger partial charge in [0.1, 0.15) is 0 Å². The van der Waals surface area contributed by atoms with E-state index in [1.807, 2.05) is 38.1 Å². The standard InChI is InChI=1S/C21H23NO4/c1-14-8-7-9-15(2)20(14)22-21(25)16(3)26-19(24)13-12-18(23)17-10-5-4-6-11-17/h4-11,16H,12-13H2,1-3H3,(H,22,25)/t16-/m0/s1. The number of para-hydroxylation sites is 1. The second-order valence-electron chi connectivity index (χ2n) is 6.18. The van der Waals surface area contributed by atoms with Crippen molar-refractivity contribution in [3.8, 4) is 0 Å². The van der Waals surface area contributed by atoms with Crippen LogP contribution in [0.3, 0.4) is 0 Å². The number of carbonyl (C=O) groups is 3. The molecular weight excluding hydrogens is 330 g/mol. The average Bonchev–Trinajstić information content (AvgIpc) is 2.63. The first kappa shape index (κ1) is 19.4. The first-order chi connectivity index (χ1) is 12.4. The number of ether oxygens (including phenoxy) is 1. The lowest BCUT2D eigenvalue weighted by Gasteiger charge is -2.16. The predicted octanol–water partition coefficient (Wildman–Crippen LogP) is 3.84. The second-order valence-corrected chi connectivity index (χ2v) is 6.18. The number of esters is 1. The molecule has 5 heteroatoms. The molecule has 0 spiro atoms. The van der Waals surface area contributed by atoms with E-state index >= 15 is 0 Å². The molecule has 0 aliphatic carbocycles. The van der Waals surface area contributed by atoms with E-state index in [1.54, 1.807) is 24.3 Å². The molecule has 2 rings (SSSR count). The molecule has 0 bridgehead atoms. The molecule has 0 unspecified atom stereocenters. The zero-order valence-electron chi connectivity index (χ0n) is 15.2. The topological polar surface area (TPSA) is 72.5 Å². The normalized spacial score (nSPS) is 11.5. The monoisotopic (exact) mass is 353 g/mol. The molecule has 2 aromatic carbocycles. The van der Waals surface area contributed by atoms with Gasteiger partial charge >= 0.3 is 5.97 Å². The van der Waals surface area contributed by atoms with Crippen LogP contribution in [0.4, 0.5) is 5.69 Å². The molecule has 0 aliphatic rings. The number of carbonyl (C=O) groups excluding carboxylic acids is 3. The molecule has 1 amide bonds. The van der Waals surface area contributed by atoms with Gasteiger partial charge in [-0.3, -0.25) is 14.4 Å². The fourth-order valence-electron chi connectivity index (χ4n) is 2.53. The smallest absolute Gasteiger partial charge is 0.307 e. The summed E-state index contributed by atoms with van der Waals surface area (Å²) < 4.78 is 5.15. The molecular formula is C21H23NO4. The summed E-state index contributed by atoms with van der Waals surface area (Å²) in [6.07, 6.45) is -0.948. The quantitative estimate of drug-likeness (QED) is 0.606. The van der Waals surface area contributed by atoms with Gasteiger partial charge in [0.2, 0.25) is 0 Å². The number of Topliss-reactive ketones (excluding diaryl/α,β-unsaturated/α-hetero) is 1. The Labute approximate surface area is 153 Å². The zero-order chi connectivity index (χ0) is 19.1. The largest absolute Gasteiger partial charge is 0.453 e. The minimum atomic E-state index is -0.937. The average molecular weight is 353 g/mol. The SMILES string of the molecule is Cc1cccc(C)c1NC(=O)[C@H](C)OC(=O)CCC(=O)c1ccccc1. The van der Waals surface area contributed by atoms with Crippen molar-refractivity contribution in [3.63, 3.8) is 0 Å². The Hall–Kier alpha value is -2.95. The lowest BCUT2D eigenvalue weighted by molar-refractivity contribution is -0.153. The molecule has 136 valence electrons. The van der Waals surface area contributed by atoms with Gasteiger partial charge < -0.3 is 10.1 Å². The van der Waals surface area contributed by atoms with E-state index in [9.17, 15) is 14.4 Å². The van der Waals surface area contributed by atoms with Gasteiger partial charge in [0.25, 0.3) is 5.91 Å². The third kappa shape index (κ3) is 5.28. The highest BCUT2D eigenvalue weighted by molar-refractivity contribution is 5.98. The van der Waals surface area contributed by atoms with Gasteiger partial charge in [0, 0.05) is 17.7 Å². The summed E-state index contributed by atoms with van der Waals surface area (Å²) in [5.74, 6) is -1.10. The first-order valence-electron chi connectivity index (χ1n) is 8.53. The number of hydrogen-bond acceptors (Lipinski definition) is 4. The molecule has 0 radical (unpaired) electrons. The lowest BCUT2D eigenvalue weighted by Crippen LogP contribution is -2.30. The molecule has 1 N–H and O–H groups in total. The van der Waals surface area contributed by atoms with Crippen LogP contribution in [-0.4, -0.2) is 23.8 Å². The van der Waals surface area contributed by atoms with Crippen LogP contribution in [0, 0.1) is 13.8 Å². The molecule has 0 saturated heterocycles. The third-order valence-electron chi connectivity index (χ3n) is 4.06. The Kier molecular flexibility index (Phi) is 6.67. The molecule has 5 nitrogen and oxygen atoms in total. The van der Waals surface area contributed by atoms with E-state index in [1.165, 1.54) is 6.92 Å². The lowest BCUT2D eigenvalue weighted by atomic mass is 10.1. The van der Waals surface area contributed by atoms with E-state index in [0.29, 0.717) is 5.56 Å². The summed E-state index contributed by atoms with van der Waals surface area (Å²) in [5, 5.41) is 2.79. The van der Waals surface area contributed by atoms with Gasteiger partial charge in [0.05, 0.1) is 6.42 Å². The van der Waals surface area contributed by atoms with Gasteiger partial charge in [-0.1, -0.05) is 48.5 Å². The zero-order valence-corrected chi connectivity index (χ0v) is 15.2. The van der Waals surface area contributed by atoms with Crippen LogP contribution < -0.4 is 5.32 Å². The summed E-state index contributed by atoms with van der Waals surface area (Å²) in [7, 11) is 0. The summed E-state index contributed by atoms with van der Waals surface area (Å²) in [5.41, 5.74) is 3.15. The fourth-order valence-corrected chi connectivity index (χ4v) is 2.53. The van der Waals surface area contributed by atoms with Crippen molar-refractivity contribution >= 4 is 23.3 Å². The van der Waals surface area contributed by atoms with E-state index in [0.717, 1.165) is 16.8 Å². The number of aryl methyl sites for hydroxylation is 2. The van der Waals surface area contributed by atoms with Crippen LogP contribution in [0.5, 0.6) is 0 Å². The molecule has 0 fully saturated rings. The van der Waals surface area contributed by atoms with Gasteiger partial charge in [-0.15, -0.1) is 0 Å². The highest BCUT2D eigenvalue weighted by Gasteiger charge is 2.20. The fraction of sp³-hybridized carbons (Fsp3) is 0.286. The first-order valence-corrected chi connectivity index (χ1v) is 8.53. The van der Waals surface area contributed by atoms with Crippen molar-refractivity contribution < 1.29 is 19.1 Å². The Morgan fingerprint density at radius 1 is 0.923 bits per heavy atom. The Morgan fingerprint density at radius 3 is 2.15 bits per heavy atom. The summed E-state index contributed by atoms with van der Waals surface area (Å²) in [4.78, 5) is 36.2. The van der Waals surface area contributed by atoms with E-state index in [-0.39, 0.29) is 18.6 Å². The van der Waals surface area contributed by atoms with Gasteiger partial charge in [-0.25, -0.2) is 0 Å². The summed E-state index contributed by atoms with van der Waals surface area (Å²) >= 11 is 0. The van der Waals surface area contributed by atoms with Crippen molar-refractivity contribution in [3.05, 3.63) is 65.2 Å². The maximum absolute atomic E-state index is 12.3. The number of hydrogen-bond donors (Lipinski definition) is 1. The molecule has 26 heavy (non-hydrogen) atoms. The van der Waals surface area contributed by atoms with E-state index in [4.69, 9.17) is 4.74 Å². The Morgan fingerprint density at radius 2 is 1.54 bits per heavy atom. The summed E-state index contributed by atoms with van der Waals surface area (Å²) in [6.45, 7) is 5.31. The van der Waals surface area contributed by atoms with Crippen LogP contribution in [0.15, 0.2) is 48.5 Å². The molecule has 0 heterocycles. The summed E-state index contributed by atoms with van der Waals surface area (Å²) in [6, 6.07) is 14.5. The number of nitrogens with one attached hydrogen (secondary N) is 1. The van der Waals surface area contributed by atoms with Crippen molar-refractivity contribution in [2.24, 2.45) is 0 Å². The Balaban J connectivity index is 1.84. The van der Waals surface area contributed by atoms with E-state index in [2.05, 4.69) is 5.32 Å². The number of rotatable bonds is 7. The molecule has 1 atom stereocenters. The second kappa shape index (κ2) is 8.94. The molecule has 0 aliphatic heterocycles. The van der Waals surface area contributed by atoms with Crippen LogP contribution in [-0.2, 0) is 14.3 Å². The van der Waals surface area contributed by atoms with E-state index < -0.39 is 18.0 Å². The van der Waals surface area contributed by atoms with Gasteiger partial charge in [0.15, 0.2) is 11.9 Å². The molecule has 2 aromatic rings. The number of anilines is 1. The maximum atomic E-state index is 12.3. The molecule has 0 aromatic heterocycles. The number of amides is 1. The van der Waals surface area contributed by atoms with Crippen molar-refractivity contribution in [2.45, 2.75) is 39.7 Å². The van der Waals surface area contributed by atoms with Gasteiger partial charge in [-0.2, -0.15) is 0 Å².